The SMILES string of the molecule is CCc1ccc(P(=O)(O)O)c(O)c1CC. The van der Waals surface area contributed by atoms with Gasteiger partial charge in [0.05, 0.1) is 0 Å². The average molecular weight is 230 g/mol. The van der Waals surface area contributed by atoms with Gasteiger partial charge < -0.3 is 14.9 Å². The monoisotopic (exact) mass is 230 g/mol. The Morgan fingerprint density at radius 3 is 2.20 bits per heavy atom. The maximum atomic E-state index is 11.1. The van der Waals surface area contributed by atoms with Crippen LogP contribution in [-0.2, 0) is 17.4 Å². The standard InChI is InChI=1S/C10H15O4P/c1-3-7-5-6-9(15(12,13)14)10(11)8(7)4-2/h5-6,11H,3-4H2,1-2H3,(H2,12,13,14). The van der Waals surface area contributed by atoms with Gasteiger partial charge in [0.2, 0.25) is 0 Å². The van der Waals surface area contributed by atoms with Crippen LogP contribution in [0.1, 0.15) is 25.0 Å². The summed E-state index contributed by atoms with van der Waals surface area (Å²) in [6, 6.07) is 2.96. The lowest BCUT2D eigenvalue weighted by Crippen LogP contribution is -2.08. The van der Waals surface area contributed by atoms with E-state index in [-0.39, 0.29) is 11.1 Å². The lowest BCUT2D eigenvalue weighted by Gasteiger charge is -2.13. The fourth-order valence-electron chi connectivity index (χ4n) is 1.63. The van der Waals surface area contributed by atoms with E-state index in [2.05, 4.69) is 0 Å². The van der Waals surface area contributed by atoms with Gasteiger partial charge in [-0.25, -0.2) is 0 Å². The zero-order chi connectivity index (χ0) is 11.6. The van der Waals surface area contributed by atoms with Crippen LogP contribution in [0.5, 0.6) is 5.75 Å². The van der Waals surface area contributed by atoms with Gasteiger partial charge in [0, 0.05) is 0 Å². The predicted octanol–water partition coefficient (Wildman–Crippen LogP) is 1.32. The normalized spacial score (nSPS) is 11.7. The molecule has 3 N–H and O–H groups in total. The predicted molar refractivity (Wildman–Crippen MR) is 58.5 cm³/mol. The maximum Gasteiger partial charge on any atom is 0.359 e. The van der Waals surface area contributed by atoms with Gasteiger partial charge >= 0.3 is 7.60 Å². The van der Waals surface area contributed by atoms with Crippen LogP contribution >= 0.6 is 7.60 Å². The first-order chi connectivity index (χ1) is 6.91. The van der Waals surface area contributed by atoms with Crippen molar-refractivity contribution in [2.24, 2.45) is 0 Å². The fourth-order valence-corrected chi connectivity index (χ4v) is 2.31. The lowest BCUT2D eigenvalue weighted by atomic mass is 10.0. The number of phenolic OH excluding ortho intramolecular Hbond substituents is 1. The van der Waals surface area contributed by atoms with E-state index in [1.54, 1.807) is 6.07 Å². The highest BCUT2D eigenvalue weighted by atomic mass is 31.2. The average Bonchev–Trinajstić information content (AvgIpc) is 2.15. The summed E-state index contributed by atoms with van der Waals surface area (Å²) < 4.78 is 11.1. The Bertz CT molecular complexity index is 408. The molecule has 0 saturated carbocycles. The summed E-state index contributed by atoms with van der Waals surface area (Å²) >= 11 is 0. The Balaban J connectivity index is 3.43. The van der Waals surface area contributed by atoms with E-state index < -0.39 is 7.60 Å². The highest BCUT2D eigenvalue weighted by molar-refractivity contribution is 7.60. The summed E-state index contributed by atoms with van der Waals surface area (Å²) in [6.07, 6.45) is 1.29. The summed E-state index contributed by atoms with van der Waals surface area (Å²) in [5.41, 5.74) is 1.55. The van der Waals surface area contributed by atoms with Gasteiger partial charge in [0.15, 0.2) is 0 Å². The second-order valence-electron chi connectivity index (χ2n) is 3.32. The van der Waals surface area contributed by atoms with Gasteiger partial charge in [-0.2, -0.15) is 0 Å². The highest BCUT2D eigenvalue weighted by Crippen LogP contribution is 2.39. The summed E-state index contributed by atoms with van der Waals surface area (Å²) in [5.74, 6) is -0.259. The van der Waals surface area contributed by atoms with Crippen LogP contribution in [0.4, 0.5) is 0 Å². The minimum atomic E-state index is -4.38. The maximum absolute atomic E-state index is 11.1. The minimum Gasteiger partial charge on any atom is -0.507 e. The van der Waals surface area contributed by atoms with E-state index in [1.807, 2.05) is 13.8 Å². The smallest absolute Gasteiger partial charge is 0.359 e. The number of phenols is 1. The topological polar surface area (TPSA) is 77.8 Å². The van der Waals surface area contributed by atoms with E-state index in [9.17, 15) is 9.67 Å². The molecule has 0 atom stereocenters. The molecule has 0 amide bonds. The third-order valence-corrected chi connectivity index (χ3v) is 3.40. The van der Waals surface area contributed by atoms with Crippen LogP contribution in [0.3, 0.4) is 0 Å². The van der Waals surface area contributed by atoms with Crippen molar-refractivity contribution < 1.29 is 19.5 Å². The van der Waals surface area contributed by atoms with Crippen molar-refractivity contribution in [1.29, 1.82) is 0 Å². The fraction of sp³-hybridized carbons (Fsp3) is 0.400. The molecule has 5 heteroatoms. The molecule has 0 aliphatic carbocycles. The van der Waals surface area contributed by atoms with Crippen LogP contribution in [0.25, 0.3) is 0 Å². The van der Waals surface area contributed by atoms with E-state index >= 15 is 0 Å². The first-order valence-electron chi connectivity index (χ1n) is 4.81. The van der Waals surface area contributed by atoms with Crippen molar-refractivity contribution in [2.45, 2.75) is 26.7 Å². The molecule has 0 heterocycles. The van der Waals surface area contributed by atoms with Crippen LogP contribution in [0, 0.1) is 0 Å². The van der Waals surface area contributed by atoms with Crippen LogP contribution in [0.2, 0.25) is 0 Å². The third kappa shape index (κ3) is 2.40. The zero-order valence-electron chi connectivity index (χ0n) is 8.77. The van der Waals surface area contributed by atoms with Crippen LogP contribution in [0.15, 0.2) is 12.1 Å². The quantitative estimate of drug-likeness (QED) is 0.684. The Hall–Kier alpha value is -0.830. The molecule has 0 spiro atoms. The molecule has 0 bridgehead atoms. The molecule has 4 nitrogen and oxygen atoms in total. The molecule has 0 saturated heterocycles. The number of hydrogen-bond donors (Lipinski definition) is 3. The van der Waals surface area contributed by atoms with Gasteiger partial charge in [-0.15, -0.1) is 0 Å². The highest BCUT2D eigenvalue weighted by Gasteiger charge is 2.24. The molecule has 0 fully saturated rings. The largest absolute Gasteiger partial charge is 0.507 e. The molecule has 0 unspecified atom stereocenters. The summed E-state index contributed by atoms with van der Waals surface area (Å²) in [4.78, 5) is 18.0. The molecule has 0 aromatic heterocycles. The molecule has 0 aliphatic rings. The van der Waals surface area contributed by atoms with Crippen molar-refractivity contribution in [3.8, 4) is 5.75 Å². The second kappa shape index (κ2) is 4.35. The van der Waals surface area contributed by atoms with E-state index in [1.165, 1.54) is 6.07 Å². The zero-order valence-corrected chi connectivity index (χ0v) is 9.66. The Kier molecular flexibility index (Phi) is 3.55. The van der Waals surface area contributed by atoms with Crippen molar-refractivity contribution in [3.63, 3.8) is 0 Å². The molecule has 1 rings (SSSR count). The van der Waals surface area contributed by atoms with Gasteiger partial charge in [0.1, 0.15) is 11.1 Å². The first kappa shape index (κ1) is 12.2. The number of aryl methyl sites for hydroxylation is 1. The Labute approximate surface area is 88.7 Å². The lowest BCUT2D eigenvalue weighted by molar-refractivity contribution is 0.384. The molecule has 1 aromatic carbocycles. The second-order valence-corrected chi connectivity index (χ2v) is 4.89. The summed E-state index contributed by atoms with van der Waals surface area (Å²) in [7, 11) is -4.38. The van der Waals surface area contributed by atoms with Crippen LogP contribution < -0.4 is 5.30 Å². The Morgan fingerprint density at radius 2 is 1.80 bits per heavy atom. The molecule has 1 aromatic rings. The molecule has 15 heavy (non-hydrogen) atoms. The Morgan fingerprint density at radius 1 is 1.20 bits per heavy atom. The molecule has 84 valence electrons. The van der Waals surface area contributed by atoms with Gasteiger partial charge in [-0.1, -0.05) is 19.9 Å². The first-order valence-corrected chi connectivity index (χ1v) is 6.42. The minimum absolute atomic E-state index is 0.259. The van der Waals surface area contributed by atoms with E-state index in [4.69, 9.17) is 9.79 Å². The van der Waals surface area contributed by atoms with E-state index in [0.29, 0.717) is 12.0 Å². The van der Waals surface area contributed by atoms with Gasteiger partial charge in [-0.3, -0.25) is 4.57 Å². The number of hydrogen-bond acceptors (Lipinski definition) is 2. The molecule has 0 aliphatic heterocycles. The summed E-state index contributed by atoms with van der Waals surface area (Å²) in [5, 5.41) is 9.46. The van der Waals surface area contributed by atoms with Crippen LogP contribution in [-0.4, -0.2) is 14.9 Å². The van der Waals surface area contributed by atoms with Crippen molar-refractivity contribution in [3.05, 3.63) is 23.3 Å². The molecular formula is C10H15O4P. The van der Waals surface area contributed by atoms with E-state index in [0.717, 1.165) is 12.0 Å². The van der Waals surface area contributed by atoms with Gasteiger partial charge in [0.25, 0.3) is 0 Å². The number of aromatic hydroxyl groups is 1. The molecule has 0 radical (unpaired) electrons. The number of benzene rings is 1. The van der Waals surface area contributed by atoms with Crippen molar-refractivity contribution in [1.82, 2.24) is 0 Å². The van der Waals surface area contributed by atoms with Crippen molar-refractivity contribution in [2.75, 3.05) is 0 Å². The number of rotatable bonds is 3. The van der Waals surface area contributed by atoms with Crippen molar-refractivity contribution >= 4 is 12.9 Å². The molecular weight excluding hydrogens is 215 g/mol. The summed E-state index contributed by atoms with van der Waals surface area (Å²) in [6.45, 7) is 3.78. The van der Waals surface area contributed by atoms with Gasteiger partial charge in [-0.05, 0) is 30.0 Å². The third-order valence-electron chi connectivity index (χ3n) is 2.41.